The fourth-order valence-electron chi connectivity index (χ4n) is 4.51. The molecule has 3 rings (SSSR count). The van der Waals surface area contributed by atoms with E-state index < -0.39 is 47.2 Å². The van der Waals surface area contributed by atoms with E-state index in [4.69, 9.17) is 9.47 Å². The van der Waals surface area contributed by atoms with E-state index in [2.05, 4.69) is 15.6 Å². The number of benzene rings is 1. The summed E-state index contributed by atoms with van der Waals surface area (Å²) in [6, 6.07) is 6.00. The number of hydrogen-bond acceptors (Lipinski definition) is 8. The molecule has 2 aromatic rings. The van der Waals surface area contributed by atoms with Gasteiger partial charge in [-0.1, -0.05) is 45.0 Å². The lowest BCUT2D eigenvalue weighted by atomic mass is 9.85. The highest BCUT2D eigenvalue weighted by molar-refractivity contribution is 7.13. The quantitative estimate of drug-likeness (QED) is 0.476. The first kappa shape index (κ1) is 31.1. The van der Waals surface area contributed by atoms with E-state index in [0.29, 0.717) is 0 Å². The largest absolute Gasteiger partial charge is 0.461 e. The second-order valence-corrected chi connectivity index (χ2v) is 13.0. The van der Waals surface area contributed by atoms with E-state index in [-0.39, 0.29) is 25.4 Å². The Balaban J connectivity index is 1.75. The van der Waals surface area contributed by atoms with Crippen LogP contribution < -0.4 is 10.6 Å². The van der Waals surface area contributed by atoms with Crippen LogP contribution in [0.2, 0.25) is 0 Å². The Morgan fingerprint density at radius 1 is 1.10 bits per heavy atom. The molecule has 1 aromatic heterocycles. The van der Waals surface area contributed by atoms with Crippen LogP contribution in [0, 0.1) is 12.3 Å². The van der Waals surface area contributed by atoms with E-state index in [1.165, 1.54) is 11.8 Å². The molecule has 3 unspecified atom stereocenters. The second kappa shape index (κ2) is 12.4. The zero-order valence-corrected chi connectivity index (χ0v) is 25.3. The van der Waals surface area contributed by atoms with Crippen molar-refractivity contribution in [3.05, 3.63) is 41.0 Å². The van der Waals surface area contributed by atoms with E-state index in [1.54, 1.807) is 32.1 Å². The summed E-state index contributed by atoms with van der Waals surface area (Å²) in [6.07, 6.45) is -1.21. The Bertz CT molecular complexity index is 1230. The number of carbonyl (C=O) groups excluding carboxylic acids is 4. The molecule has 0 bridgehead atoms. The molecule has 2 heterocycles. The van der Waals surface area contributed by atoms with Gasteiger partial charge in [0.25, 0.3) is 0 Å². The fraction of sp³-hybridized carbons (Fsp3) is 0.552. The van der Waals surface area contributed by atoms with Crippen molar-refractivity contribution in [3.8, 4) is 10.4 Å². The van der Waals surface area contributed by atoms with Gasteiger partial charge in [-0.2, -0.15) is 0 Å². The number of thiazole rings is 1. The predicted octanol–water partition coefficient (Wildman–Crippen LogP) is 4.21. The van der Waals surface area contributed by atoms with Gasteiger partial charge in [-0.25, -0.2) is 9.78 Å². The molecule has 11 heteroatoms. The number of hydrogen-bond donors (Lipinski definition) is 2. The molecular formula is C29H40N4O6S. The van der Waals surface area contributed by atoms with Crippen LogP contribution in [0.25, 0.3) is 10.4 Å². The molecule has 1 aromatic carbocycles. The molecule has 10 nitrogen and oxygen atoms in total. The van der Waals surface area contributed by atoms with Crippen LogP contribution in [0.1, 0.15) is 66.1 Å². The summed E-state index contributed by atoms with van der Waals surface area (Å²) >= 11 is 1.57. The van der Waals surface area contributed by atoms with E-state index in [0.717, 1.165) is 21.7 Å². The Hall–Kier alpha value is -3.47. The summed E-state index contributed by atoms with van der Waals surface area (Å²) in [5.41, 5.74) is 3.29. The van der Waals surface area contributed by atoms with Gasteiger partial charge in [0.05, 0.1) is 22.6 Å². The van der Waals surface area contributed by atoms with Gasteiger partial charge in [-0.05, 0) is 44.2 Å². The lowest BCUT2D eigenvalue weighted by Gasteiger charge is -2.35. The number of aryl methyl sites for hydroxylation is 1. The molecular weight excluding hydrogens is 532 g/mol. The molecule has 3 atom stereocenters. The summed E-state index contributed by atoms with van der Waals surface area (Å²) in [4.78, 5) is 58.2. The molecule has 218 valence electrons. The number of amides is 3. The van der Waals surface area contributed by atoms with Crippen molar-refractivity contribution in [3.63, 3.8) is 0 Å². The maximum absolute atomic E-state index is 13.8. The lowest BCUT2D eigenvalue weighted by Crippen LogP contribution is -2.58. The van der Waals surface area contributed by atoms with Gasteiger partial charge in [0.1, 0.15) is 23.8 Å². The van der Waals surface area contributed by atoms with Crippen LogP contribution in [-0.4, -0.2) is 64.1 Å². The average Bonchev–Trinajstić information content (AvgIpc) is 3.45. The average molecular weight is 573 g/mol. The number of carbonyl (C=O) groups is 4. The van der Waals surface area contributed by atoms with Crippen molar-refractivity contribution in [2.45, 2.75) is 92.1 Å². The summed E-state index contributed by atoms with van der Waals surface area (Å²) in [6.45, 7) is 14.2. The van der Waals surface area contributed by atoms with Crippen LogP contribution in [0.15, 0.2) is 29.8 Å². The van der Waals surface area contributed by atoms with Crippen LogP contribution in [0.4, 0.5) is 4.79 Å². The molecule has 1 fully saturated rings. The number of ether oxygens (including phenoxy) is 2. The Morgan fingerprint density at radius 3 is 2.27 bits per heavy atom. The van der Waals surface area contributed by atoms with E-state index in [9.17, 15) is 19.2 Å². The smallest absolute Gasteiger partial charge is 0.408 e. The Kier molecular flexibility index (Phi) is 9.60. The molecule has 3 amide bonds. The van der Waals surface area contributed by atoms with Crippen molar-refractivity contribution in [2.75, 3.05) is 6.54 Å². The number of nitrogens with zero attached hydrogens (tertiary/aromatic N) is 2. The number of nitrogens with one attached hydrogen (secondary N) is 2. The van der Waals surface area contributed by atoms with Gasteiger partial charge in [0.2, 0.25) is 11.8 Å². The molecule has 0 radical (unpaired) electrons. The van der Waals surface area contributed by atoms with Gasteiger partial charge in [-0.3, -0.25) is 14.4 Å². The van der Waals surface area contributed by atoms with E-state index in [1.807, 2.05) is 57.5 Å². The number of alkyl carbamates (subject to hydrolysis) is 1. The van der Waals surface area contributed by atoms with Crippen LogP contribution in [0.3, 0.4) is 0 Å². The monoisotopic (exact) mass is 572 g/mol. The van der Waals surface area contributed by atoms with Crippen molar-refractivity contribution in [2.24, 2.45) is 5.41 Å². The first-order valence-electron chi connectivity index (χ1n) is 13.3. The van der Waals surface area contributed by atoms with Crippen LogP contribution in [0.5, 0.6) is 0 Å². The van der Waals surface area contributed by atoms with Crippen LogP contribution in [-0.2, 0) is 30.4 Å². The maximum atomic E-state index is 13.8. The highest BCUT2D eigenvalue weighted by Crippen LogP contribution is 2.29. The number of rotatable bonds is 7. The number of esters is 1. The van der Waals surface area contributed by atoms with Gasteiger partial charge in [0, 0.05) is 19.9 Å². The minimum atomic E-state index is -0.975. The third kappa shape index (κ3) is 8.27. The number of likely N-dealkylation sites (tertiary alicyclic amines) is 1. The number of aromatic nitrogens is 1. The SMILES string of the molecule is CC(=O)OC1CC(C(=O)NCc2ccc(-c3scnc3C)cc2)N(C(=O)C(NC(=O)OC(C)(C)C)C(C)(C)C)C1. The molecule has 0 aliphatic carbocycles. The minimum absolute atomic E-state index is 0.0436. The second-order valence-electron chi connectivity index (χ2n) is 12.1. The molecule has 0 saturated carbocycles. The first-order valence-corrected chi connectivity index (χ1v) is 14.2. The molecule has 40 heavy (non-hydrogen) atoms. The highest BCUT2D eigenvalue weighted by atomic mass is 32.1. The fourth-order valence-corrected chi connectivity index (χ4v) is 5.32. The van der Waals surface area contributed by atoms with Crippen LogP contribution >= 0.6 is 11.3 Å². The third-order valence-electron chi connectivity index (χ3n) is 6.38. The maximum Gasteiger partial charge on any atom is 0.408 e. The molecule has 1 aliphatic rings. The van der Waals surface area contributed by atoms with Gasteiger partial charge >= 0.3 is 12.1 Å². The van der Waals surface area contributed by atoms with Gasteiger partial charge in [-0.15, -0.1) is 11.3 Å². The molecule has 0 spiro atoms. The summed E-state index contributed by atoms with van der Waals surface area (Å²) < 4.78 is 10.8. The van der Waals surface area contributed by atoms with Gasteiger partial charge in [0.15, 0.2) is 0 Å². The van der Waals surface area contributed by atoms with E-state index >= 15 is 0 Å². The van der Waals surface area contributed by atoms with Crippen molar-refractivity contribution < 1.29 is 28.7 Å². The normalized spacial score (nSPS) is 18.1. The zero-order valence-electron chi connectivity index (χ0n) is 24.5. The van der Waals surface area contributed by atoms with Crippen molar-refractivity contribution in [1.82, 2.24) is 20.5 Å². The van der Waals surface area contributed by atoms with Crippen molar-refractivity contribution >= 4 is 35.2 Å². The van der Waals surface area contributed by atoms with Gasteiger partial charge < -0.3 is 25.0 Å². The molecule has 1 aliphatic heterocycles. The zero-order chi connectivity index (χ0) is 29.8. The Labute approximate surface area is 239 Å². The molecule has 1 saturated heterocycles. The minimum Gasteiger partial charge on any atom is -0.461 e. The Morgan fingerprint density at radius 2 is 1.75 bits per heavy atom. The molecule has 2 N–H and O–H groups in total. The lowest BCUT2D eigenvalue weighted by molar-refractivity contribution is -0.147. The highest BCUT2D eigenvalue weighted by Gasteiger charge is 2.46. The van der Waals surface area contributed by atoms with Crippen molar-refractivity contribution in [1.29, 1.82) is 0 Å². The summed E-state index contributed by atoms with van der Waals surface area (Å²) in [7, 11) is 0. The third-order valence-corrected chi connectivity index (χ3v) is 7.36. The topological polar surface area (TPSA) is 127 Å². The summed E-state index contributed by atoms with van der Waals surface area (Å²) in [5, 5.41) is 5.61. The predicted molar refractivity (Wildman–Crippen MR) is 152 cm³/mol. The standard InChI is InChI=1S/C29H40N4O6S/c1-17-23(40-16-31-17)20-11-9-19(10-12-20)14-30-25(35)22-13-21(38-18(2)34)15-33(22)26(36)24(28(3,4)5)32-27(37)39-29(6,7)8/h9-12,16,21-22,24H,13-15H2,1-8H3,(H,30,35)(H,32,37). The summed E-state index contributed by atoms with van der Waals surface area (Å²) in [5.74, 6) is -1.30. The first-order chi connectivity index (χ1) is 18.5.